The second kappa shape index (κ2) is 5.40. The fourth-order valence-corrected chi connectivity index (χ4v) is 2.07. The number of hydrogen-bond donors (Lipinski definition) is 0. The van der Waals surface area contributed by atoms with Gasteiger partial charge in [-0.1, -0.05) is 0 Å². The summed E-state index contributed by atoms with van der Waals surface area (Å²) in [6.45, 7) is 0. The molecular formula is C13H9ClF3N. The Hall–Kier alpha value is -1.55. The number of benzene rings is 1. The van der Waals surface area contributed by atoms with E-state index in [2.05, 4.69) is 4.98 Å². The van der Waals surface area contributed by atoms with Gasteiger partial charge in [-0.3, -0.25) is 4.98 Å². The van der Waals surface area contributed by atoms with Crippen molar-refractivity contribution in [2.45, 2.75) is 11.8 Å². The van der Waals surface area contributed by atoms with Crippen LogP contribution in [0.1, 0.15) is 16.5 Å². The van der Waals surface area contributed by atoms with E-state index < -0.39 is 22.8 Å². The van der Waals surface area contributed by atoms with Gasteiger partial charge in [-0.05, 0) is 24.1 Å². The standard InChI is InChI=1S/C13H9ClF3N/c14-10(5-8-1-3-18-4-2-8)13-11(16)6-9(15)7-12(13)17/h1-4,6-7,10H,5H2. The molecule has 0 radical (unpaired) electrons. The van der Waals surface area contributed by atoms with Gasteiger partial charge in [0.2, 0.25) is 0 Å². The zero-order chi connectivity index (χ0) is 13.1. The Morgan fingerprint density at radius 1 is 1.06 bits per heavy atom. The number of aromatic nitrogens is 1. The Labute approximate surface area is 107 Å². The van der Waals surface area contributed by atoms with E-state index in [1.165, 1.54) is 0 Å². The fourth-order valence-electron chi connectivity index (χ4n) is 1.68. The van der Waals surface area contributed by atoms with Gasteiger partial charge in [-0.2, -0.15) is 0 Å². The highest BCUT2D eigenvalue weighted by Gasteiger charge is 2.19. The van der Waals surface area contributed by atoms with Crippen molar-refractivity contribution in [1.82, 2.24) is 4.98 Å². The molecule has 0 saturated heterocycles. The molecule has 1 nitrogen and oxygen atoms in total. The first-order valence-corrected chi connectivity index (χ1v) is 5.69. The molecule has 0 saturated carbocycles. The topological polar surface area (TPSA) is 12.9 Å². The Bertz CT molecular complexity index is 522. The molecule has 94 valence electrons. The van der Waals surface area contributed by atoms with Crippen molar-refractivity contribution in [3.63, 3.8) is 0 Å². The number of halogens is 4. The summed E-state index contributed by atoms with van der Waals surface area (Å²) in [5.41, 5.74) is 0.489. The predicted octanol–water partition coefficient (Wildman–Crippen LogP) is 4.02. The minimum atomic E-state index is -0.971. The maximum absolute atomic E-state index is 13.5. The maximum Gasteiger partial charge on any atom is 0.133 e. The van der Waals surface area contributed by atoms with Gasteiger partial charge < -0.3 is 0 Å². The molecule has 1 aromatic carbocycles. The summed E-state index contributed by atoms with van der Waals surface area (Å²) in [7, 11) is 0. The molecule has 0 spiro atoms. The molecule has 2 rings (SSSR count). The van der Waals surface area contributed by atoms with Crippen LogP contribution in [0.25, 0.3) is 0 Å². The molecule has 1 unspecified atom stereocenters. The lowest BCUT2D eigenvalue weighted by Crippen LogP contribution is -2.03. The Kier molecular flexibility index (Phi) is 3.87. The van der Waals surface area contributed by atoms with Crippen molar-refractivity contribution in [3.8, 4) is 0 Å². The Balaban J connectivity index is 2.27. The van der Waals surface area contributed by atoms with E-state index in [0.29, 0.717) is 12.1 Å². The van der Waals surface area contributed by atoms with Gasteiger partial charge in [-0.25, -0.2) is 13.2 Å². The van der Waals surface area contributed by atoms with Crippen molar-refractivity contribution in [1.29, 1.82) is 0 Å². The average Bonchev–Trinajstić information content (AvgIpc) is 2.28. The number of pyridine rings is 1. The molecule has 0 aliphatic heterocycles. The van der Waals surface area contributed by atoms with Crippen molar-refractivity contribution >= 4 is 11.6 Å². The molecule has 1 aromatic heterocycles. The molecule has 0 fully saturated rings. The lowest BCUT2D eigenvalue weighted by molar-refractivity contribution is 0.520. The van der Waals surface area contributed by atoms with Crippen LogP contribution in [0.2, 0.25) is 0 Å². The van der Waals surface area contributed by atoms with Crippen LogP contribution in [-0.4, -0.2) is 4.98 Å². The van der Waals surface area contributed by atoms with Crippen molar-refractivity contribution in [2.24, 2.45) is 0 Å². The first-order chi connectivity index (χ1) is 8.58. The maximum atomic E-state index is 13.5. The van der Waals surface area contributed by atoms with E-state index in [1.807, 2.05) is 0 Å². The second-order valence-electron chi connectivity index (χ2n) is 3.81. The lowest BCUT2D eigenvalue weighted by atomic mass is 10.0. The van der Waals surface area contributed by atoms with E-state index in [4.69, 9.17) is 11.6 Å². The van der Waals surface area contributed by atoms with Crippen molar-refractivity contribution in [2.75, 3.05) is 0 Å². The monoisotopic (exact) mass is 271 g/mol. The Morgan fingerprint density at radius 2 is 1.61 bits per heavy atom. The normalized spacial score (nSPS) is 12.4. The lowest BCUT2D eigenvalue weighted by Gasteiger charge is -2.12. The van der Waals surface area contributed by atoms with Gasteiger partial charge >= 0.3 is 0 Å². The summed E-state index contributed by atoms with van der Waals surface area (Å²) in [4.78, 5) is 3.83. The SMILES string of the molecule is Fc1cc(F)c(C(Cl)Cc2ccncc2)c(F)c1. The summed E-state index contributed by atoms with van der Waals surface area (Å²) in [5, 5.41) is -0.895. The molecular weight excluding hydrogens is 263 g/mol. The third kappa shape index (κ3) is 2.82. The Morgan fingerprint density at radius 3 is 2.17 bits per heavy atom. The number of alkyl halides is 1. The molecule has 1 atom stereocenters. The first kappa shape index (κ1) is 12.9. The molecule has 1 heterocycles. The fraction of sp³-hybridized carbons (Fsp3) is 0.154. The van der Waals surface area contributed by atoms with E-state index in [1.54, 1.807) is 24.5 Å². The summed E-state index contributed by atoms with van der Waals surface area (Å²) >= 11 is 5.98. The summed E-state index contributed by atoms with van der Waals surface area (Å²) < 4.78 is 39.7. The van der Waals surface area contributed by atoms with Crippen LogP contribution in [0.15, 0.2) is 36.7 Å². The third-order valence-corrected chi connectivity index (χ3v) is 2.89. The van der Waals surface area contributed by atoms with Crippen LogP contribution >= 0.6 is 11.6 Å². The summed E-state index contributed by atoms with van der Waals surface area (Å²) in [5.74, 6) is -2.90. The molecule has 2 aromatic rings. The molecule has 0 N–H and O–H groups in total. The van der Waals surface area contributed by atoms with Gasteiger partial charge in [0.15, 0.2) is 0 Å². The molecule has 0 bridgehead atoms. The quantitative estimate of drug-likeness (QED) is 0.768. The van der Waals surface area contributed by atoms with Gasteiger partial charge in [0.25, 0.3) is 0 Å². The predicted molar refractivity (Wildman–Crippen MR) is 62.9 cm³/mol. The minimum absolute atomic E-state index is 0.240. The zero-order valence-corrected chi connectivity index (χ0v) is 9.96. The average molecular weight is 272 g/mol. The number of nitrogens with zero attached hydrogens (tertiary/aromatic N) is 1. The molecule has 0 amide bonds. The highest BCUT2D eigenvalue weighted by atomic mass is 35.5. The molecule has 5 heteroatoms. The van der Waals surface area contributed by atoms with E-state index in [9.17, 15) is 13.2 Å². The van der Waals surface area contributed by atoms with Crippen LogP contribution in [-0.2, 0) is 6.42 Å². The van der Waals surface area contributed by atoms with E-state index in [-0.39, 0.29) is 12.0 Å². The van der Waals surface area contributed by atoms with Crippen molar-refractivity contribution in [3.05, 3.63) is 65.2 Å². The number of rotatable bonds is 3. The number of hydrogen-bond acceptors (Lipinski definition) is 1. The van der Waals surface area contributed by atoms with Crippen LogP contribution in [0, 0.1) is 17.5 Å². The summed E-state index contributed by atoms with van der Waals surface area (Å²) in [6, 6.07) is 4.66. The largest absolute Gasteiger partial charge is 0.265 e. The van der Waals surface area contributed by atoms with E-state index >= 15 is 0 Å². The van der Waals surface area contributed by atoms with Crippen LogP contribution in [0.4, 0.5) is 13.2 Å². The first-order valence-electron chi connectivity index (χ1n) is 5.25. The molecule has 0 aliphatic carbocycles. The smallest absolute Gasteiger partial charge is 0.133 e. The van der Waals surface area contributed by atoms with Gasteiger partial charge in [0.1, 0.15) is 17.5 Å². The minimum Gasteiger partial charge on any atom is -0.265 e. The van der Waals surface area contributed by atoms with Crippen LogP contribution < -0.4 is 0 Å². The summed E-state index contributed by atoms with van der Waals surface area (Å²) in [6.07, 6.45) is 3.37. The van der Waals surface area contributed by atoms with Crippen molar-refractivity contribution < 1.29 is 13.2 Å². The van der Waals surface area contributed by atoms with Gasteiger partial charge in [0.05, 0.1) is 5.38 Å². The highest BCUT2D eigenvalue weighted by Crippen LogP contribution is 2.29. The highest BCUT2D eigenvalue weighted by molar-refractivity contribution is 6.21. The second-order valence-corrected chi connectivity index (χ2v) is 4.34. The van der Waals surface area contributed by atoms with Gasteiger partial charge in [-0.15, -0.1) is 11.6 Å². The third-order valence-electron chi connectivity index (χ3n) is 2.52. The zero-order valence-electron chi connectivity index (χ0n) is 9.21. The van der Waals surface area contributed by atoms with Crippen LogP contribution in [0.3, 0.4) is 0 Å². The van der Waals surface area contributed by atoms with Gasteiger partial charge in [0, 0.05) is 30.1 Å². The van der Waals surface area contributed by atoms with E-state index in [0.717, 1.165) is 5.56 Å². The molecule has 18 heavy (non-hydrogen) atoms. The van der Waals surface area contributed by atoms with Crippen LogP contribution in [0.5, 0.6) is 0 Å². The molecule has 0 aliphatic rings.